The Hall–Kier alpha value is -3.66. The zero-order valence-corrected chi connectivity index (χ0v) is 20.6. The summed E-state index contributed by atoms with van der Waals surface area (Å²) in [5.74, 6) is 0.495. The predicted octanol–water partition coefficient (Wildman–Crippen LogP) is 7.03. The highest BCUT2D eigenvalue weighted by Gasteiger charge is 2.12. The summed E-state index contributed by atoms with van der Waals surface area (Å²) in [6.45, 7) is 0. The molecule has 0 fully saturated rings. The molecular formula is C28H22O6S2. The lowest BCUT2D eigenvalue weighted by Crippen LogP contribution is -2.00. The molecular weight excluding hydrogens is 496 g/mol. The first-order valence-electron chi connectivity index (χ1n) is 10.8. The smallest absolute Gasteiger partial charge is 0.295 e. The number of benzene rings is 4. The van der Waals surface area contributed by atoms with Gasteiger partial charge in [0.05, 0.1) is 0 Å². The highest BCUT2D eigenvalue weighted by Crippen LogP contribution is 2.24. The minimum atomic E-state index is -4.29. The molecule has 0 aliphatic carbocycles. The number of rotatable bonds is 9. The van der Waals surface area contributed by atoms with Crippen molar-refractivity contribution >= 4 is 47.3 Å². The van der Waals surface area contributed by atoms with Crippen LogP contribution < -0.4 is 4.89 Å². The molecule has 0 saturated carbocycles. The molecule has 0 aromatic heterocycles. The topological polar surface area (TPSA) is 82.1 Å². The van der Waals surface area contributed by atoms with Crippen molar-refractivity contribution in [2.75, 3.05) is 0 Å². The highest BCUT2D eigenvalue weighted by atomic mass is 32.2. The third-order valence-corrected chi connectivity index (χ3v) is 6.32. The van der Waals surface area contributed by atoms with E-state index in [1.807, 2.05) is 78.9 Å². The van der Waals surface area contributed by atoms with Gasteiger partial charge in [0.25, 0.3) is 10.1 Å². The maximum Gasteiger partial charge on any atom is 0.295 e. The Morgan fingerprint density at radius 2 is 1.14 bits per heavy atom. The van der Waals surface area contributed by atoms with Gasteiger partial charge in [0.1, 0.15) is 4.90 Å². The Kier molecular flexibility index (Phi) is 8.37. The molecule has 0 spiro atoms. The van der Waals surface area contributed by atoms with Gasteiger partial charge in [-0.05, 0) is 45.0 Å². The van der Waals surface area contributed by atoms with Gasteiger partial charge >= 0.3 is 0 Å². The summed E-state index contributed by atoms with van der Waals surface area (Å²) in [6, 6.07) is 29.6. The minimum absolute atomic E-state index is 0.122. The maximum absolute atomic E-state index is 11.6. The Balaban J connectivity index is 1.45. The summed E-state index contributed by atoms with van der Waals surface area (Å²) < 4.78 is 36.7. The maximum atomic E-state index is 11.6. The molecule has 4 aromatic carbocycles. The molecule has 0 saturated heterocycles. The average molecular weight is 519 g/mol. The van der Waals surface area contributed by atoms with Crippen LogP contribution in [0.5, 0.6) is 5.75 Å². The van der Waals surface area contributed by atoms with E-state index in [9.17, 15) is 13.0 Å². The van der Waals surface area contributed by atoms with Crippen molar-refractivity contribution in [1.29, 1.82) is 0 Å². The van der Waals surface area contributed by atoms with Crippen LogP contribution in [0.4, 0.5) is 0 Å². The van der Waals surface area contributed by atoms with Gasteiger partial charge in [-0.15, -0.1) is 4.33 Å². The molecule has 1 N–H and O–H groups in total. The normalized spacial score (nSPS) is 11.8. The Morgan fingerprint density at radius 3 is 1.69 bits per heavy atom. The van der Waals surface area contributed by atoms with E-state index >= 15 is 0 Å². The zero-order valence-electron chi connectivity index (χ0n) is 18.9. The second kappa shape index (κ2) is 11.9. The first-order chi connectivity index (χ1) is 17.4. The quantitative estimate of drug-likeness (QED) is 0.0618. The van der Waals surface area contributed by atoms with E-state index < -0.39 is 10.1 Å². The summed E-state index contributed by atoms with van der Waals surface area (Å²) in [5.41, 5.74) is 5.25. The lowest BCUT2D eigenvalue weighted by molar-refractivity contribution is -0.402. The first-order valence-corrected chi connectivity index (χ1v) is 12.6. The van der Waals surface area contributed by atoms with Crippen molar-refractivity contribution in [3.63, 3.8) is 0 Å². The van der Waals surface area contributed by atoms with E-state index in [0.29, 0.717) is 11.3 Å². The average Bonchev–Trinajstić information content (AvgIpc) is 2.90. The van der Waals surface area contributed by atoms with Crippen LogP contribution in [0, 0.1) is 0 Å². The molecule has 182 valence electrons. The molecule has 36 heavy (non-hydrogen) atoms. The molecule has 0 aliphatic heterocycles. The van der Waals surface area contributed by atoms with Gasteiger partial charge in [0.2, 0.25) is 0 Å². The molecule has 0 radical (unpaired) electrons. The zero-order chi connectivity index (χ0) is 25.4. The van der Waals surface area contributed by atoms with Crippen molar-refractivity contribution in [1.82, 2.24) is 0 Å². The summed E-state index contributed by atoms with van der Waals surface area (Å²) in [7, 11) is -4.29. The number of hydrogen-bond acceptors (Lipinski definition) is 6. The lowest BCUT2D eigenvalue weighted by Gasteiger charge is -2.05. The van der Waals surface area contributed by atoms with Crippen LogP contribution in [-0.4, -0.2) is 13.0 Å². The van der Waals surface area contributed by atoms with Gasteiger partial charge in [-0.3, -0.25) is 4.55 Å². The number of hydrogen-bond donors (Lipinski definition) is 2. The van der Waals surface area contributed by atoms with Gasteiger partial charge in [0.15, 0.2) is 5.75 Å². The summed E-state index contributed by atoms with van der Waals surface area (Å²) >= 11 is 3.48. The van der Waals surface area contributed by atoms with Crippen LogP contribution in [0.2, 0.25) is 0 Å². The van der Waals surface area contributed by atoms with E-state index in [4.69, 9.17) is 4.89 Å². The van der Waals surface area contributed by atoms with E-state index in [1.165, 1.54) is 6.07 Å². The van der Waals surface area contributed by atoms with Gasteiger partial charge in [-0.1, -0.05) is 109 Å². The van der Waals surface area contributed by atoms with Gasteiger partial charge in [-0.25, -0.2) is 0 Å². The molecule has 0 amide bonds. The van der Waals surface area contributed by atoms with E-state index in [-0.39, 0.29) is 4.90 Å². The fourth-order valence-electron chi connectivity index (χ4n) is 3.54. The van der Waals surface area contributed by atoms with Gasteiger partial charge in [-0.2, -0.15) is 8.42 Å². The Morgan fingerprint density at radius 1 is 0.639 bits per heavy atom. The summed E-state index contributed by atoms with van der Waals surface area (Å²) in [6.07, 6.45) is 7.34. The minimum Gasteiger partial charge on any atom is -0.307 e. The van der Waals surface area contributed by atoms with E-state index in [0.717, 1.165) is 27.8 Å². The first kappa shape index (κ1) is 25.4. The Labute approximate surface area is 215 Å². The fourth-order valence-corrected chi connectivity index (χ4v) is 4.26. The van der Waals surface area contributed by atoms with Gasteiger partial charge in [0, 0.05) is 18.5 Å². The lowest BCUT2D eigenvalue weighted by atomic mass is 10.0. The largest absolute Gasteiger partial charge is 0.307 e. The van der Waals surface area contributed by atoms with Crippen LogP contribution in [0.25, 0.3) is 35.4 Å². The van der Waals surface area contributed by atoms with Gasteiger partial charge < -0.3 is 4.89 Å². The molecule has 6 nitrogen and oxygen atoms in total. The van der Waals surface area contributed by atoms with Crippen LogP contribution in [0.1, 0.15) is 22.3 Å². The van der Waals surface area contributed by atoms with Crippen LogP contribution in [-0.2, 0) is 19.5 Å². The van der Waals surface area contributed by atoms with Crippen molar-refractivity contribution in [2.45, 2.75) is 4.90 Å². The molecule has 4 aromatic rings. The SMILES string of the molecule is O=S(=O)(O)c1ccccc1C=Cc1ccc(-c2ccc(C=Cc3ccccc3OOOS)cc2)cc1. The van der Waals surface area contributed by atoms with Crippen molar-refractivity contribution in [2.24, 2.45) is 0 Å². The third-order valence-electron chi connectivity index (χ3n) is 5.34. The van der Waals surface area contributed by atoms with Crippen LogP contribution >= 0.6 is 12.9 Å². The second-order valence-electron chi connectivity index (χ2n) is 7.69. The molecule has 0 unspecified atom stereocenters. The van der Waals surface area contributed by atoms with Crippen molar-refractivity contribution in [3.05, 3.63) is 119 Å². The van der Waals surface area contributed by atoms with Crippen LogP contribution in [0.15, 0.2) is 102 Å². The van der Waals surface area contributed by atoms with E-state index in [1.54, 1.807) is 36.4 Å². The highest BCUT2D eigenvalue weighted by molar-refractivity contribution is 7.86. The summed E-state index contributed by atoms with van der Waals surface area (Å²) in [4.78, 5) is 4.91. The third kappa shape index (κ3) is 6.72. The molecule has 0 bridgehead atoms. The van der Waals surface area contributed by atoms with Crippen molar-refractivity contribution in [3.8, 4) is 16.9 Å². The molecule has 8 heteroatoms. The van der Waals surface area contributed by atoms with E-state index in [2.05, 4.69) is 22.3 Å². The van der Waals surface area contributed by atoms with Crippen molar-refractivity contribution < 1.29 is 27.2 Å². The molecule has 0 atom stereocenters. The molecule has 4 rings (SSSR count). The van der Waals surface area contributed by atoms with Crippen LogP contribution in [0.3, 0.4) is 0 Å². The number of thiol groups is 1. The monoisotopic (exact) mass is 518 g/mol. The second-order valence-corrected chi connectivity index (χ2v) is 9.23. The standard InChI is InChI=1S/C28H22O6S2/c29-36(30,31)28-8-4-2-6-26(28)20-14-22-11-17-24(18-12-22)23-15-9-21(10-16-23)13-19-25-5-1-3-7-27(25)32-33-34-35/h1-20,35H,(H,29,30,31). The fraction of sp³-hybridized carbons (Fsp3) is 0. The predicted molar refractivity (Wildman–Crippen MR) is 144 cm³/mol. The Bertz CT molecular complexity index is 1480. The number of para-hydroxylation sites is 1. The summed E-state index contributed by atoms with van der Waals surface area (Å²) in [5, 5.41) is 4.43. The molecule has 0 aliphatic rings. The molecule has 0 heterocycles.